The second-order valence-corrected chi connectivity index (χ2v) is 6.51. The van der Waals surface area contributed by atoms with Gasteiger partial charge in [-0.15, -0.1) is 15.3 Å². The summed E-state index contributed by atoms with van der Waals surface area (Å²) in [6.45, 7) is 0. The number of nitrogens with one attached hydrogen (secondary N) is 1. The van der Waals surface area contributed by atoms with Crippen molar-refractivity contribution in [3.63, 3.8) is 0 Å². The summed E-state index contributed by atoms with van der Waals surface area (Å²) in [6.07, 6.45) is 1.53. The van der Waals surface area contributed by atoms with Gasteiger partial charge in [0.2, 0.25) is 10.9 Å². The maximum Gasteiger partial charge on any atom is 0.235 e. The topological polar surface area (TPSA) is 90.6 Å². The molecule has 0 aliphatic rings. The first-order chi connectivity index (χ1) is 11.2. The smallest absolute Gasteiger partial charge is 0.235 e. The van der Waals surface area contributed by atoms with Gasteiger partial charge in [0.05, 0.1) is 20.0 Å². The minimum atomic E-state index is -0.131. The van der Waals surface area contributed by atoms with Crippen LogP contribution in [0.4, 0.5) is 5.69 Å². The van der Waals surface area contributed by atoms with Crippen LogP contribution in [-0.2, 0) is 4.79 Å². The summed E-state index contributed by atoms with van der Waals surface area (Å²) in [6, 6.07) is 5.21. The Balaban J connectivity index is 1.59. The summed E-state index contributed by atoms with van der Waals surface area (Å²) in [5.74, 6) is 1.29. The van der Waals surface area contributed by atoms with E-state index in [1.807, 2.05) is 0 Å². The highest BCUT2D eigenvalue weighted by Gasteiger charge is 2.10. The number of thioether (sulfide) groups is 1. The normalized spacial score (nSPS) is 10.7. The number of anilines is 1. The van der Waals surface area contributed by atoms with Crippen LogP contribution in [0.1, 0.15) is 0 Å². The third-order valence-electron chi connectivity index (χ3n) is 2.86. The largest absolute Gasteiger partial charge is 0.493 e. The molecule has 0 saturated heterocycles. The molecule has 0 atom stereocenters. The van der Waals surface area contributed by atoms with Gasteiger partial charge in [0.25, 0.3) is 0 Å². The van der Waals surface area contributed by atoms with Crippen LogP contribution in [0.3, 0.4) is 0 Å². The second-order valence-electron chi connectivity index (χ2n) is 4.33. The molecule has 0 bridgehead atoms. The van der Waals surface area contributed by atoms with Gasteiger partial charge in [-0.25, -0.2) is 0 Å². The van der Waals surface area contributed by atoms with Gasteiger partial charge < -0.3 is 14.8 Å². The van der Waals surface area contributed by atoms with Gasteiger partial charge in [0, 0.05) is 11.8 Å². The van der Waals surface area contributed by atoms with Crippen LogP contribution in [-0.4, -0.2) is 45.7 Å². The molecule has 0 unspecified atom stereocenters. The zero-order valence-corrected chi connectivity index (χ0v) is 14.0. The summed E-state index contributed by atoms with van der Waals surface area (Å²) >= 11 is 2.73. The Labute approximate surface area is 139 Å². The van der Waals surface area contributed by atoms with Crippen LogP contribution in [0.2, 0.25) is 0 Å². The van der Waals surface area contributed by atoms with Gasteiger partial charge in [-0.2, -0.15) is 4.52 Å². The Morgan fingerprint density at radius 1 is 1.35 bits per heavy atom. The first-order valence-electron chi connectivity index (χ1n) is 6.51. The molecular formula is C13H13N5O3S2. The van der Waals surface area contributed by atoms with Crippen LogP contribution in [0.15, 0.2) is 28.9 Å². The van der Waals surface area contributed by atoms with E-state index in [-0.39, 0.29) is 11.7 Å². The first kappa shape index (κ1) is 15.6. The molecule has 0 radical (unpaired) electrons. The Bertz CT molecular complexity index is 803. The fourth-order valence-corrected chi connectivity index (χ4v) is 3.50. The summed E-state index contributed by atoms with van der Waals surface area (Å²) in [7, 11) is 3.11. The lowest BCUT2D eigenvalue weighted by atomic mass is 10.2. The number of ether oxygens (including phenoxy) is 2. The highest BCUT2D eigenvalue weighted by molar-refractivity contribution is 8.01. The van der Waals surface area contributed by atoms with E-state index in [2.05, 4.69) is 20.6 Å². The van der Waals surface area contributed by atoms with Crippen LogP contribution in [0, 0.1) is 0 Å². The summed E-state index contributed by atoms with van der Waals surface area (Å²) in [4.78, 5) is 12.7. The van der Waals surface area contributed by atoms with Crippen molar-refractivity contribution < 1.29 is 14.3 Å². The fourth-order valence-electron chi connectivity index (χ4n) is 1.84. The number of benzene rings is 1. The lowest BCUT2D eigenvalue weighted by Gasteiger charge is -2.10. The molecule has 0 aliphatic carbocycles. The quantitative estimate of drug-likeness (QED) is 0.679. The molecule has 0 aliphatic heterocycles. The minimum Gasteiger partial charge on any atom is -0.493 e. The maximum atomic E-state index is 12.0. The maximum absolute atomic E-state index is 12.0. The molecule has 0 fully saturated rings. The monoisotopic (exact) mass is 351 g/mol. The van der Waals surface area contributed by atoms with Crippen molar-refractivity contribution in [1.82, 2.24) is 19.8 Å². The van der Waals surface area contributed by atoms with Crippen molar-refractivity contribution in [2.45, 2.75) is 4.34 Å². The lowest BCUT2D eigenvalue weighted by Crippen LogP contribution is -2.14. The van der Waals surface area contributed by atoms with E-state index in [0.29, 0.717) is 22.1 Å². The summed E-state index contributed by atoms with van der Waals surface area (Å²) < 4.78 is 12.7. The number of hydrogen-bond acceptors (Lipinski definition) is 8. The molecule has 2 aromatic heterocycles. The number of rotatable bonds is 6. The number of nitrogens with zero attached hydrogens (tertiary/aromatic N) is 4. The van der Waals surface area contributed by atoms with Gasteiger partial charge in [0.15, 0.2) is 15.8 Å². The molecule has 10 heteroatoms. The minimum absolute atomic E-state index is 0.131. The van der Waals surface area contributed by atoms with Crippen molar-refractivity contribution in [1.29, 1.82) is 0 Å². The number of hydrogen-bond donors (Lipinski definition) is 1. The van der Waals surface area contributed by atoms with E-state index in [0.717, 1.165) is 4.34 Å². The third kappa shape index (κ3) is 3.54. The van der Waals surface area contributed by atoms with E-state index in [1.165, 1.54) is 29.4 Å². The molecule has 1 N–H and O–H groups in total. The van der Waals surface area contributed by atoms with Crippen molar-refractivity contribution in [2.24, 2.45) is 0 Å². The van der Waals surface area contributed by atoms with Gasteiger partial charge in [0.1, 0.15) is 6.33 Å². The number of carbonyl (C=O) groups is 1. The van der Waals surface area contributed by atoms with Crippen LogP contribution >= 0.6 is 23.1 Å². The molecule has 1 amide bonds. The van der Waals surface area contributed by atoms with E-state index in [1.54, 1.807) is 36.9 Å². The van der Waals surface area contributed by atoms with Crippen LogP contribution in [0.5, 0.6) is 11.5 Å². The zero-order valence-electron chi connectivity index (χ0n) is 12.3. The number of aromatic nitrogens is 4. The van der Waals surface area contributed by atoms with Crippen molar-refractivity contribution in [3.05, 3.63) is 24.5 Å². The number of fused-ring (bicyclic) bond motifs is 1. The highest BCUT2D eigenvalue weighted by Crippen LogP contribution is 2.30. The molecule has 0 spiro atoms. The van der Waals surface area contributed by atoms with Gasteiger partial charge in [-0.05, 0) is 12.1 Å². The highest BCUT2D eigenvalue weighted by atomic mass is 32.2. The molecule has 2 heterocycles. The van der Waals surface area contributed by atoms with Crippen molar-refractivity contribution in [3.8, 4) is 11.5 Å². The second kappa shape index (κ2) is 6.84. The van der Waals surface area contributed by atoms with E-state index < -0.39 is 0 Å². The standard InChI is InChI=1S/C13H13N5O3S2/c1-20-9-4-3-8(5-10(9)21-2)15-11(19)6-22-13-17-18-7-14-16-12(18)23-13/h3-5,7H,6H2,1-2H3,(H,15,19). The Hall–Kier alpha value is -2.33. The van der Waals surface area contributed by atoms with E-state index >= 15 is 0 Å². The Morgan fingerprint density at radius 2 is 2.17 bits per heavy atom. The molecule has 0 saturated carbocycles. The SMILES string of the molecule is COc1ccc(NC(=O)CSc2nn3cnnc3s2)cc1OC. The molecule has 3 rings (SSSR count). The molecule has 8 nitrogen and oxygen atoms in total. The van der Waals surface area contributed by atoms with Crippen molar-refractivity contribution >= 4 is 39.7 Å². The Morgan fingerprint density at radius 3 is 2.91 bits per heavy atom. The number of carbonyl (C=O) groups excluding carboxylic acids is 1. The van der Waals surface area contributed by atoms with Crippen molar-refractivity contribution in [2.75, 3.05) is 25.3 Å². The molecule has 1 aromatic carbocycles. The predicted octanol–water partition coefficient (Wildman–Crippen LogP) is 1.93. The predicted molar refractivity (Wildman–Crippen MR) is 87.6 cm³/mol. The van der Waals surface area contributed by atoms with Gasteiger partial charge in [-0.1, -0.05) is 23.1 Å². The molecular weight excluding hydrogens is 338 g/mol. The summed E-state index contributed by atoms with van der Waals surface area (Å²) in [5, 5.41) is 14.7. The Kier molecular flexibility index (Phi) is 4.63. The molecule has 23 heavy (non-hydrogen) atoms. The first-order valence-corrected chi connectivity index (χ1v) is 8.31. The lowest BCUT2D eigenvalue weighted by molar-refractivity contribution is -0.113. The van der Waals surface area contributed by atoms with Gasteiger partial charge in [-0.3, -0.25) is 4.79 Å². The van der Waals surface area contributed by atoms with E-state index in [4.69, 9.17) is 9.47 Å². The van der Waals surface area contributed by atoms with Crippen LogP contribution in [0.25, 0.3) is 4.96 Å². The molecule has 120 valence electrons. The zero-order chi connectivity index (χ0) is 16.2. The number of methoxy groups -OCH3 is 2. The van der Waals surface area contributed by atoms with E-state index in [9.17, 15) is 4.79 Å². The average Bonchev–Trinajstić information content (AvgIpc) is 3.14. The fraction of sp³-hybridized carbons (Fsp3) is 0.231. The molecule has 3 aromatic rings. The third-order valence-corrected chi connectivity index (χ3v) is 4.91. The van der Waals surface area contributed by atoms with Crippen LogP contribution < -0.4 is 14.8 Å². The number of amides is 1. The van der Waals surface area contributed by atoms with Gasteiger partial charge >= 0.3 is 0 Å². The average molecular weight is 351 g/mol. The summed E-state index contributed by atoms with van der Waals surface area (Å²) in [5.41, 5.74) is 0.645.